The second-order valence-electron chi connectivity index (χ2n) is 7.95. The van der Waals surface area contributed by atoms with Gasteiger partial charge in [-0.1, -0.05) is 11.6 Å². The molecule has 3 heterocycles. The Balaban J connectivity index is 1.35. The monoisotopic (exact) mass is 466 g/mol. The Morgan fingerprint density at radius 3 is 2.76 bits per heavy atom. The minimum absolute atomic E-state index is 0.193. The summed E-state index contributed by atoms with van der Waals surface area (Å²) in [6, 6.07) is 9.42. The van der Waals surface area contributed by atoms with E-state index in [2.05, 4.69) is 15.6 Å². The first-order valence-electron chi connectivity index (χ1n) is 10.3. The number of H-pyrrole nitrogens is 1. The second-order valence-corrected chi connectivity index (χ2v) is 8.36. The third kappa shape index (κ3) is 3.60. The number of ether oxygens (including phenoxy) is 1. The molecule has 0 radical (unpaired) electrons. The lowest BCUT2D eigenvalue weighted by Gasteiger charge is -2.29. The van der Waals surface area contributed by atoms with Gasteiger partial charge in [0.05, 0.1) is 12.1 Å². The van der Waals surface area contributed by atoms with Gasteiger partial charge in [-0.2, -0.15) is 0 Å². The van der Waals surface area contributed by atoms with Crippen LogP contribution in [0.1, 0.15) is 39.3 Å². The van der Waals surface area contributed by atoms with Gasteiger partial charge in [0.1, 0.15) is 17.5 Å². The predicted octanol–water partition coefficient (Wildman–Crippen LogP) is 2.84. The zero-order valence-electron chi connectivity index (χ0n) is 17.5. The number of hydrogen-bond acceptors (Lipinski definition) is 5. The van der Waals surface area contributed by atoms with E-state index in [-0.39, 0.29) is 30.7 Å². The van der Waals surface area contributed by atoms with Crippen LogP contribution in [0.4, 0.5) is 5.69 Å². The molecule has 3 aromatic rings. The lowest BCUT2D eigenvalue weighted by Crippen LogP contribution is -2.52. The Kier molecular flexibility index (Phi) is 5.05. The number of anilines is 1. The van der Waals surface area contributed by atoms with Crippen molar-refractivity contribution < 1.29 is 23.9 Å². The summed E-state index contributed by atoms with van der Waals surface area (Å²) in [5.74, 6) is -0.945. The number of imide groups is 1. The highest BCUT2D eigenvalue weighted by atomic mass is 35.5. The molecule has 0 saturated carbocycles. The molecular formula is C23H19ClN4O5. The Bertz CT molecular complexity index is 1350. The maximum atomic E-state index is 12.8. The molecule has 9 nitrogen and oxygen atoms in total. The highest BCUT2D eigenvalue weighted by Crippen LogP contribution is 2.34. The summed E-state index contributed by atoms with van der Waals surface area (Å²) in [4.78, 5) is 53.8. The van der Waals surface area contributed by atoms with E-state index in [1.54, 1.807) is 36.4 Å². The van der Waals surface area contributed by atoms with Gasteiger partial charge < -0.3 is 19.9 Å². The molecule has 2 aliphatic heterocycles. The van der Waals surface area contributed by atoms with Gasteiger partial charge in [0, 0.05) is 35.1 Å². The maximum Gasteiger partial charge on any atom is 0.272 e. The molecule has 2 aliphatic rings. The number of nitrogens with one attached hydrogen (secondary N) is 3. The van der Waals surface area contributed by atoms with Crippen molar-refractivity contribution in [2.75, 3.05) is 12.4 Å². The first-order valence-corrected chi connectivity index (χ1v) is 10.7. The first kappa shape index (κ1) is 21.0. The van der Waals surface area contributed by atoms with Gasteiger partial charge in [-0.05, 0) is 48.4 Å². The second kappa shape index (κ2) is 7.93. The number of aromatic nitrogens is 1. The molecule has 2 aromatic carbocycles. The van der Waals surface area contributed by atoms with Gasteiger partial charge >= 0.3 is 0 Å². The maximum absolute atomic E-state index is 12.8. The smallest absolute Gasteiger partial charge is 0.272 e. The molecule has 33 heavy (non-hydrogen) atoms. The first-order chi connectivity index (χ1) is 15.9. The molecular weight excluding hydrogens is 448 g/mol. The van der Waals surface area contributed by atoms with Crippen molar-refractivity contribution in [2.45, 2.75) is 25.4 Å². The van der Waals surface area contributed by atoms with Gasteiger partial charge in [-0.3, -0.25) is 24.5 Å². The number of fused-ring (bicyclic) bond motifs is 2. The quantitative estimate of drug-likeness (QED) is 0.510. The Hall–Kier alpha value is -3.85. The number of amides is 4. The van der Waals surface area contributed by atoms with Gasteiger partial charge in [0.2, 0.25) is 11.8 Å². The van der Waals surface area contributed by atoms with Crippen molar-refractivity contribution in [3.8, 4) is 5.75 Å². The summed E-state index contributed by atoms with van der Waals surface area (Å²) in [6.07, 6.45) is 0.486. The number of hydrogen-bond donors (Lipinski definition) is 3. The summed E-state index contributed by atoms with van der Waals surface area (Å²) >= 11 is 6.16. The Morgan fingerprint density at radius 2 is 2.00 bits per heavy atom. The number of nitrogens with zero attached hydrogens (tertiary/aromatic N) is 1. The SMILES string of the molecule is COc1c(Cl)ccc2[nH]c(C(=O)Nc3ccc4c(c3)CN(C3CCC(=O)NC3=O)C4=O)cc12. The zero-order valence-corrected chi connectivity index (χ0v) is 18.3. The molecule has 1 atom stereocenters. The number of halogens is 1. The molecule has 168 valence electrons. The van der Waals surface area contributed by atoms with E-state index in [0.29, 0.717) is 50.6 Å². The van der Waals surface area contributed by atoms with Crippen LogP contribution in [-0.4, -0.2) is 46.7 Å². The summed E-state index contributed by atoms with van der Waals surface area (Å²) in [5.41, 5.74) is 2.73. The normalized spacial score (nSPS) is 17.8. The molecule has 1 saturated heterocycles. The summed E-state index contributed by atoms with van der Waals surface area (Å²) < 4.78 is 5.34. The average Bonchev–Trinajstić information content (AvgIpc) is 3.35. The molecule has 3 N–H and O–H groups in total. The highest BCUT2D eigenvalue weighted by molar-refractivity contribution is 6.33. The molecule has 5 rings (SSSR count). The molecule has 10 heteroatoms. The van der Waals surface area contributed by atoms with Crippen LogP contribution in [-0.2, 0) is 16.1 Å². The van der Waals surface area contributed by atoms with Crippen LogP contribution in [0.25, 0.3) is 10.9 Å². The predicted molar refractivity (Wildman–Crippen MR) is 120 cm³/mol. The lowest BCUT2D eigenvalue weighted by atomic mass is 10.0. The van der Waals surface area contributed by atoms with Crippen molar-refractivity contribution in [3.05, 3.63) is 58.2 Å². The van der Waals surface area contributed by atoms with Crippen molar-refractivity contribution in [1.82, 2.24) is 15.2 Å². The molecule has 1 aromatic heterocycles. The van der Waals surface area contributed by atoms with Crippen LogP contribution in [0.5, 0.6) is 5.75 Å². The van der Waals surface area contributed by atoms with Crippen LogP contribution >= 0.6 is 11.6 Å². The minimum atomic E-state index is -0.686. The number of piperidine rings is 1. The van der Waals surface area contributed by atoms with Crippen LogP contribution in [0.2, 0.25) is 5.02 Å². The molecule has 0 spiro atoms. The van der Waals surface area contributed by atoms with E-state index in [4.69, 9.17) is 16.3 Å². The Labute approximate surface area is 193 Å². The van der Waals surface area contributed by atoms with Crippen LogP contribution in [0.3, 0.4) is 0 Å². The van der Waals surface area contributed by atoms with Crippen LogP contribution in [0, 0.1) is 0 Å². The third-order valence-electron chi connectivity index (χ3n) is 5.94. The lowest BCUT2D eigenvalue weighted by molar-refractivity contribution is -0.136. The standard InChI is InChI=1S/C23H19ClN4O5/c1-33-20-14-9-17(26-16(14)5-4-15(20)24)21(30)25-12-2-3-13-11(8-12)10-28(23(13)32)18-6-7-19(29)27-22(18)31/h2-5,8-9,18,26H,6-7,10H2,1H3,(H,25,30)(H,27,29,31). The number of carbonyl (C=O) groups excluding carboxylic acids is 4. The summed E-state index contributed by atoms with van der Waals surface area (Å²) in [6.45, 7) is 0.228. The van der Waals surface area contributed by atoms with Crippen molar-refractivity contribution in [3.63, 3.8) is 0 Å². The highest BCUT2D eigenvalue weighted by Gasteiger charge is 2.39. The number of carbonyl (C=O) groups is 4. The third-order valence-corrected chi connectivity index (χ3v) is 6.23. The number of aromatic amines is 1. The van der Waals surface area contributed by atoms with Crippen molar-refractivity contribution in [2.24, 2.45) is 0 Å². The zero-order chi connectivity index (χ0) is 23.3. The largest absolute Gasteiger partial charge is 0.494 e. The van der Waals surface area contributed by atoms with Gasteiger partial charge in [0.25, 0.3) is 11.8 Å². The van der Waals surface area contributed by atoms with Gasteiger partial charge in [-0.25, -0.2) is 0 Å². The van der Waals surface area contributed by atoms with E-state index in [1.807, 2.05) is 0 Å². The molecule has 1 unspecified atom stereocenters. The van der Waals surface area contributed by atoms with Crippen molar-refractivity contribution in [1.29, 1.82) is 0 Å². The fourth-order valence-corrected chi connectivity index (χ4v) is 4.57. The number of rotatable bonds is 4. The fourth-order valence-electron chi connectivity index (χ4n) is 4.33. The molecule has 0 bridgehead atoms. The van der Waals surface area contributed by atoms with Gasteiger partial charge in [-0.15, -0.1) is 0 Å². The fraction of sp³-hybridized carbons (Fsp3) is 0.217. The summed E-state index contributed by atoms with van der Waals surface area (Å²) in [7, 11) is 1.51. The van der Waals surface area contributed by atoms with E-state index < -0.39 is 11.9 Å². The summed E-state index contributed by atoms with van der Waals surface area (Å²) in [5, 5.41) is 6.24. The Morgan fingerprint density at radius 1 is 1.18 bits per heavy atom. The van der Waals surface area contributed by atoms with Crippen molar-refractivity contribution >= 4 is 51.8 Å². The van der Waals surface area contributed by atoms with E-state index in [0.717, 1.165) is 0 Å². The average molecular weight is 467 g/mol. The van der Waals surface area contributed by atoms with Crippen LogP contribution < -0.4 is 15.4 Å². The molecule has 1 fully saturated rings. The topological polar surface area (TPSA) is 121 Å². The minimum Gasteiger partial charge on any atom is -0.494 e. The van der Waals surface area contributed by atoms with E-state index >= 15 is 0 Å². The van der Waals surface area contributed by atoms with Crippen LogP contribution in [0.15, 0.2) is 36.4 Å². The molecule has 0 aliphatic carbocycles. The number of benzene rings is 2. The number of methoxy groups -OCH3 is 1. The van der Waals surface area contributed by atoms with E-state index in [1.165, 1.54) is 12.0 Å². The van der Waals surface area contributed by atoms with Gasteiger partial charge in [0.15, 0.2) is 0 Å². The van der Waals surface area contributed by atoms with E-state index in [9.17, 15) is 19.2 Å². The molecule has 4 amide bonds.